The van der Waals surface area contributed by atoms with E-state index in [1.807, 2.05) is 21.1 Å². The lowest BCUT2D eigenvalue weighted by molar-refractivity contribution is -0.870. The summed E-state index contributed by atoms with van der Waals surface area (Å²) in [6, 6.07) is 0. The van der Waals surface area contributed by atoms with E-state index in [4.69, 9.17) is 18.5 Å². The average Bonchev–Trinajstić information content (AvgIpc) is 3.13. The van der Waals surface area contributed by atoms with Crippen molar-refractivity contribution in [3.63, 3.8) is 0 Å². The van der Waals surface area contributed by atoms with E-state index in [0.717, 1.165) is 77.0 Å². The molecular formula is C45H80NO8P. The summed E-state index contributed by atoms with van der Waals surface area (Å²) in [5.41, 5.74) is 0. The Bertz CT molecular complexity index is 1120. The van der Waals surface area contributed by atoms with Gasteiger partial charge >= 0.3 is 11.9 Å². The van der Waals surface area contributed by atoms with Crippen molar-refractivity contribution in [1.82, 2.24) is 0 Å². The third-order valence-corrected chi connectivity index (χ3v) is 9.72. The number of allylic oxidation sites excluding steroid dienone is 10. The first-order valence-corrected chi connectivity index (χ1v) is 23.0. The molecule has 0 spiro atoms. The second-order valence-corrected chi connectivity index (χ2v) is 16.8. The molecule has 1 unspecified atom stereocenters. The fraction of sp³-hybridized carbons (Fsp3) is 0.733. The van der Waals surface area contributed by atoms with Crippen molar-refractivity contribution in [3.8, 4) is 0 Å². The second-order valence-electron chi connectivity index (χ2n) is 15.3. The maximum absolute atomic E-state index is 12.6. The van der Waals surface area contributed by atoms with Crippen LogP contribution in [-0.4, -0.2) is 70.0 Å². The number of unbranched alkanes of at least 4 members (excludes halogenated alkanes) is 14. The monoisotopic (exact) mass is 794 g/mol. The smallest absolute Gasteiger partial charge is 0.306 e. The van der Waals surface area contributed by atoms with Crippen molar-refractivity contribution in [2.75, 3.05) is 47.5 Å². The van der Waals surface area contributed by atoms with E-state index >= 15 is 0 Å². The zero-order chi connectivity index (χ0) is 40.7. The normalized spacial score (nSPS) is 14.2. The Hall–Kier alpha value is -2.29. The number of carbonyl (C=O) groups is 2. The summed E-state index contributed by atoms with van der Waals surface area (Å²) in [6.07, 6.45) is 43.9. The number of quaternary nitrogens is 1. The van der Waals surface area contributed by atoms with E-state index in [1.165, 1.54) is 44.9 Å². The zero-order valence-corrected chi connectivity index (χ0v) is 36.5. The van der Waals surface area contributed by atoms with Gasteiger partial charge in [-0.1, -0.05) is 126 Å². The number of phosphoric acid groups is 1. The van der Waals surface area contributed by atoms with Gasteiger partial charge in [-0.15, -0.1) is 0 Å². The number of ether oxygens (including phenoxy) is 2. The first-order valence-electron chi connectivity index (χ1n) is 21.5. The number of hydrogen-bond acceptors (Lipinski definition) is 8. The molecule has 0 amide bonds. The number of nitrogens with zero attached hydrogens (tertiary/aromatic N) is 1. The lowest BCUT2D eigenvalue weighted by atomic mass is 10.1. The van der Waals surface area contributed by atoms with Crippen LogP contribution in [0.1, 0.15) is 162 Å². The molecule has 0 aliphatic carbocycles. The SMILES string of the molecule is CCCCC/C=C\C/C=C\C/C=C\C/C=C\CCCCCC(=O)OC[C@H](COP(=O)([O-])OCC[N+](C)(C)C)OC(=O)CCCCCCC/C=C\CCCCC. The largest absolute Gasteiger partial charge is 0.756 e. The van der Waals surface area contributed by atoms with E-state index in [-0.39, 0.29) is 26.1 Å². The Balaban J connectivity index is 4.43. The minimum atomic E-state index is -4.63. The molecule has 0 aliphatic rings. The molecule has 0 aliphatic heterocycles. The first-order chi connectivity index (χ1) is 26.5. The van der Waals surface area contributed by atoms with Crippen molar-refractivity contribution in [2.24, 2.45) is 0 Å². The highest BCUT2D eigenvalue weighted by Crippen LogP contribution is 2.38. The van der Waals surface area contributed by atoms with Gasteiger partial charge in [0.2, 0.25) is 0 Å². The molecule has 9 nitrogen and oxygen atoms in total. The van der Waals surface area contributed by atoms with Crippen molar-refractivity contribution in [1.29, 1.82) is 0 Å². The van der Waals surface area contributed by atoms with Gasteiger partial charge < -0.3 is 27.9 Å². The number of carbonyl (C=O) groups excluding carboxylic acids is 2. The molecule has 0 aromatic heterocycles. The van der Waals surface area contributed by atoms with Gasteiger partial charge in [0.05, 0.1) is 27.7 Å². The fourth-order valence-electron chi connectivity index (χ4n) is 5.34. The fourth-order valence-corrected chi connectivity index (χ4v) is 6.06. The van der Waals surface area contributed by atoms with Gasteiger partial charge in [0.25, 0.3) is 7.82 Å². The number of phosphoric ester groups is 1. The van der Waals surface area contributed by atoms with Crippen molar-refractivity contribution < 1.29 is 42.1 Å². The predicted octanol–water partition coefficient (Wildman–Crippen LogP) is 11.4. The van der Waals surface area contributed by atoms with Crippen molar-refractivity contribution >= 4 is 19.8 Å². The summed E-state index contributed by atoms with van der Waals surface area (Å²) in [4.78, 5) is 37.4. The van der Waals surface area contributed by atoms with Crippen LogP contribution in [0.25, 0.3) is 0 Å². The van der Waals surface area contributed by atoms with Crippen LogP contribution < -0.4 is 4.89 Å². The number of esters is 2. The van der Waals surface area contributed by atoms with Crippen LogP contribution in [0.5, 0.6) is 0 Å². The summed E-state index contributed by atoms with van der Waals surface area (Å²) >= 11 is 0. The maximum Gasteiger partial charge on any atom is 0.306 e. The molecule has 2 atom stereocenters. The van der Waals surface area contributed by atoms with E-state index in [1.54, 1.807) is 0 Å². The van der Waals surface area contributed by atoms with Crippen LogP contribution in [0.3, 0.4) is 0 Å². The molecule has 0 aromatic rings. The molecule has 10 heteroatoms. The quantitative estimate of drug-likeness (QED) is 0.0200. The minimum Gasteiger partial charge on any atom is -0.756 e. The molecule has 0 bridgehead atoms. The van der Waals surface area contributed by atoms with Gasteiger partial charge in [-0.2, -0.15) is 0 Å². The lowest BCUT2D eigenvalue weighted by Crippen LogP contribution is -2.37. The van der Waals surface area contributed by atoms with Gasteiger partial charge in [-0.25, -0.2) is 0 Å². The van der Waals surface area contributed by atoms with Crippen molar-refractivity contribution in [3.05, 3.63) is 60.8 Å². The number of hydrogen-bond donors (Lipinski definition) is 0. The highest BCUT2D eigenvalue weighted by Gasteiger charge is 2.21. The zero-order valence-electron chi connectivity index (χ0n) is 35.6. The number of likely N-dealkylation sites (N-methyl/N-ethyl adjacent to an activating group) is 1. The molecule has 318 valence electrons. The number of rotatable bonds is 38. The summed E-state index contributed by atoms with van der Waals surface area (Å²) in [7, 11) is 1.13. The summed E-state index contributed by atoms with van der Waals surface area (Å²) < 4.78 is 33.8. The van der Waals surface area contributed by atoms with Crippen LogP contribution in [-0.2, 0) is 32.7 Å². The predicted molar refractivity (Wildman–Crippen MR) is 226 cm³/mol. The Morgan fingerprint density at radius 3 is 1.49 bits per heavy atom. The van der Waals surface area contributed by atoms with E-state index in [0.29, 0.717) is 23.9 Å². The molecular weight excluding hydrogens is 713 g/mol. The Kier molecular flexibility index (Phi) is 35.7. The molecule has 0 aromatic carbocycles. The van der Waals surface area contributed by atoms with E-state index < -0.39 is 32.5 Å². The molecule has 0 heterocycles. The van der Waals surface area contributed by atoms with Gasteiger partial charge in [0.1, 0.15) is 19.8 Å². The summed E-state index contributed by atoms with van der Waals surface area (Å²) in [6.45, 7) is 4.10. The summed E-state index contributed by atoms with van der Waals surface area (Å²) in [5, 5.41) is 0. The second kappa shape index (κ2) is 37.3. The molecule has 55 heavy (non-hydrogen) atoms. The van der Waals surface area contributed by atoms with Crippen LogP contribution in [0.2, 0.25) is 0 Å². The van der Waals surface area contributed by atoms with Crippen LogP contribution in [0.15, 0.2) is 60.8 Å². The van der Waals surface area contributed by atoms with Crippen molar-refractivity contribution in [2.45, 2.75) is 168 Å². The first kappa shape index (κ1) is 52.7. The minimum absolute atomic E-state index is 0.0403. The molecule has 0 fully saturated rings. The van der Waals surface area contributed by atoms with Crippen LogP contribution >= 0.6 is 7.82 Å². The summed E-state index contributed by atoms with van der Waals surface area (Å²) in [5.74, 6) is -0.887. The molecule has 0 rings (SSSR count). The highest BCUT2D eigenvalue weighted by molar-refractivity contribution is 7.45. The van der Waals surface area contributed by atoms with Gasteiger partial charge in [-0.3, -0.25) is 14.2 Å². The van der Waals surface area contributed by atoms with E-state index in [9.17, 15) is 19.0 Å². The third kappa shape index (κ3) is 41.2. The average molecular weight is 794 g/mol. The van der Waals surface area contributed by atoms with E-state index in [2.05, 4.69) is 74.6 Å². The Morgan fingerprint density at radius 2 is 0.982 bits per heavy atom. The highest BCUT2D eigenvalue weighted by atomic mass is 31.2. The van der Waals surface area contributed by atoms with Crippen LogP contribution in [0.4, 0.5) is 0 Å². The maximum atomic E-state index is 12.6. The molecule has 0 radical (unpaired) electrons. The van der Waals surface area contributed by atoms with Crippen LogP contribution in [0, 0.1) is 0 Å². The Labute approximate surface area is 336 Å². The topological polar surface area (TPSA) is 111 Å². The van der Waals surface area contributed by atoms with Gasteiger partial charge in [0, 0.05) is 12.8 Å². The molecule has 0 saturated carbocycles. The standard InChI is InChI=1S/C45H80NO8P/c1-6-8-10-12-14-16-18-20-21-22-23-24-25-26-28-29-31-33-35-37-44(47)51-41-43(42-53-55(49,50)52-40-39-46(3,4)5)54-45(48)38-36-34-32-30-27-19-17-15-13-11-9-7-2/h14-17,20-21,23-24,26,28,43H,6-13,18-19,22,25,27,29-42H2,1-5H3/b16-14-,17-15-,21-20-,24-23-,28-26-/t43-/m1/s1. The third-order valence-electron chi connectivity index (χ3n) is 8.76. The van der Waals surface area contributed by atoms with Gasteiger partial charge in [0.15, 0.2) is 6.10 Å². The molecule has 0 N–H and O–H groups in total. The molecule has 0 saturated heterocycles. The Morgan fingerprint density at radius 1 is 0.564 bits per heavy atom. The lowest BCUT2D eigenvalue weighted by Gasteiger charge is -2.28. The van der Waals surface area contributed by atoms with Gasteiger partial charge in [-0.05, 0) is 83.5 Å².